The molecule has 3 heteroatoms. The first-order valence-corrected chi connectivity index (χ1v) is 7.63. The Kier molecular flexibility index (Phi) is 3.13. The van der Waals surface area contributed by atoms with Crippen LogP contribution in [0.1, 0.15) is 43.4 Å². The number of benzene rings is 1. The molecule has 0 atom stereocenters. The van der Waals surface area contributed by atoms with Crippen LogP contribution in [0.5, 0.6) is 0 Å². The van der Waals surface area contributed by atoms with Crippen LogP contribution in [-0.4, -0.2) is 25.0 Å². The van der Waals surface area contributed by atoms with E-state index in [9.17, 15) is 4.79 Å². The van der Waals surface area contributed by atoms with Crippen molar-refractivity contribution in [2.24, 2.45) is 0 Å². The normalized spacial score (nSPS) is 20.9. The molecule has 2 aliphatic heterocycles. The van der Waals surface area contributed by atoms with E-state index in [-0.39, 0.29) is 11.5 Å². The first-order valence-electron chi connectivity index (χ1n) is 7.63. The quantitative estimate of drug-likeness (QED) is 0.852. The second-order valence-electron chi connectivity index (χ2n) is 6.55. The van der Waals surface area contributed by atoms with E-state index in [1.165, 1.54) is 16.7 Å². The molecule has 108 valence electrons. The lowest BCUT2D eigenvalue weighted by Gasteiger charge is -2.33. The van der Waals surface area contributed by atoms with Crippen LogP contribution in [0.25, 0.3) is 0 Å². The molecular weight excluding hydrogens is 248 g/mol. The number of fused-ring (bicyclic) bond motifs is 2. The van der Waals surface area contributed by atoms with Gasteiger partial charge in [-0.2, -0.15) is 0 Å². The largest absolute Gasteiger partial charge is 0.317 e. The summed E-state index contributed by atoms with van der Waals surface area (Å²) in [6.07, 6.45) is 1.84. The van der Waals surface area contributed by atoms with E-state index in [1.807, 2.05) is 4.90 Å². The second kappa shape index (κ2) is 4.59. The minimum absolute atomic E-state index is 0.220. The molecule has 0 bridgehead atoms. The fourth-order valence-electron chi connectivity index (χ4n) is 3.69. The highest BCUT2D eigenvalue weighted by Crippen LogP contribution is 2.48. The van der Waals surface area contributed by atoms with Crippen molar-refractivity contribution in [3.05, 3.63) is 28.8 Å². The zero-order valence-corrected chi connectivity index (χ0v) is 12.9. The van der Waals surface area contributed by atoms with Gasteiger partial charge in [0, 0.05) is 11.7 Å². The van der Waals surface area contributed by atoms with Crippen LogP contribution in [0.15, 0.2) is 12.1 Å². The Balaban J connectivity index is 2.21. The molecule has 2 heterocycles. The number of carbonyl (C=O) groups is 1. The van der Waals surface area contributed by atoms with Crippen LogP contribution in [-0.2, 0) is 10.2 Å². The zero-order valence-electron chi connectivity index (χ0n) is 12.9. The topological polar surface area (TPSA) is 32.3 Å². The van der Waals surface area contributed by atoms with Gasteiger partial charge in [0.25, 0.3) is 0 Å². The summed E-state index contributed by atoms with van der Waals surface area (Å²) < 4.78 is 0. The fraction of sp³-hybridized carbons (Fsp3) is 0.588. The highest BCUT2D eigenvalue weighted by molar-refractivity contribution is 6.08. The molecule has 1 aromatic carbocycles. The van der Waals surface area contributed by atoms with E-state index in [1.54, 1.807) is 0 Å². The maximum atomic E-state index is 13.1. The van der Waals surface area contributed by atoms with Gasteiger partial charge in [-0.25, -0.2) is 0 Å². The third kappa shape index (κ3) is 1.72. The number of rotatable bonds is 1. The molecule has 3 rings (SSSR count). The van der Waals surface area contributed by atoms with E-state index in [0.717, 1.165) is 31.6 Å². The van der Waals surface area contributed by atoms with E-state index >= 15 is 0 Å². The number of amides is 1. The molecule has 0 radical (unpaired) electrons. The molecule has 1 saturated heterocycles. The lowest BCUT2D eigenvalue weighted by molar-refractivity contribution is -0.124. The van der Waals surface area contributed by atoms with Crippen LogP contribution in [0.3, 0.4) is 0 Å². The van der Waals surface area contributed by atoms with E-state index in [4.69, 9.17) is 0 Å². The minimum Gasteiger partial charge on any atom is -0.317 e. The molecular formula is C17H24N2O. The smallest absolute Gasteiger partial charge is 0.238 e. The number of carbonyl (C=O) groups excluding carboxylic acids is 1. The Morgan fingerprint density at radius 3 is 2.35 bits per heavy atom. The Labute approximate surface area is 121 Å². The van der Waals surface area contributed by atoms with Gasteiger partial charge >= 0.3 is 0 Å². The molecule has 0 aliphatic carbocycles. The van der Waals surface area contributed by atoms with Crippen LogP contribution in [0.4, 0.5) is 5.69 Å². The monoisotopic (exact) mass is 272 g/mol. The summed E-state index contributed by atoms with van der Waals surface area (Å²) >= 11 is 0. The summed E-state index contributed by atoms with van der Waals surface area (Å²) in [6.45, 7) is 10.4. The molecule has 1 fully saturated rings. The molecule has 0 unspecified atom stereocenters. The van der Waals surface area contributed by atoms with Crippen LogP contribution < -0.4 is 10.2 Å². The lowest BCUT2D eigenvalue weighted by Crippen LogP contribution is -2.48. The van der Waals surface area contributed by atoms with E-state index in [0.29, 0.717) is 5.91 Å². The van der Waals surface area contributed by atoms with Crippen molar-refractivity contribution in [3.8, 4) is 0 Å². The minimum atomic E-state index is -0.274. The Morgan fingerprint density at radius 2 is 1.75 bits per heavy atom. The predicted molar refractivity (Wildman–Crippen MR) is 82.3 cm³/mol. The van der Waals surface area contributed by atoms with Gasteiger partial charge in [0.15, 0.2) is 0 Å². The summed E-state index contributed by atoms with van der Waals surface area (Å²) in [6, 6.07) is 4.69. The zero-order chi connectivity index (χ0) is 14.5. The summed E-state index contributed by atoms with van der Waals surface area (Å²) in [5, 5.41) is 3.39. The average Bonchev–Trinajstić information content (AvgIpc) is 2.62. The SMILES string of the molecule is Cc1cc2c(cc1C)C1(CCNCC1)C(=O)N2C(C)C. The molecule has 1 aromatic rings. The number of anilines is 1. The Morgan fingerprint density at radius 1 is 1.15 bits per heavy atom. The van der Waals surface area contributed by atoms with Gasteiger partial charge < -0.3 is 10.2 Å². The van der Waals surface area contributed by atoms with Gasteiger partial charge in [0.05, 0.1) is 5.41 Å². The Bertz CT molecular complexity index is 556. The average molecular weight is 272 g/mol. The number of piperidine rings is 1. The van der Waals surface area contributed by atoms with E-state index in [2.05, 4.69) is 45.1 Å². The highest BCUT2D eigenvalue weighted by Gasteiger charge is 2.51. The molecule has 1 spiro atoms. The van der Waals surface area contributed by atoms with Gasteiger partial charge in [-0.1, -0.05) is 6.07 Å². The molecule has 1 N–H and O–H groups in total. The molecule has 20 heavy (non-hydrogen) atoms. The molecule has 3 nitrogen and oxygen atoms in total. The van der Waals surface area contributed by atoms with Crippen molar-refractivity contribution < 1.29 is 4.79 Å². The van der Waals surface area contributed by atoms with Gasteiger partial charge in [-0.15, -0.1) is 0 Å². The maximum Gasteiger partial charge on any atom is 0.238 e. The number of nitrogens with one attached hydrogen (secondary N) is 1. The molecule has 1 amide bonds. The van der Waals surface area contributed by atoms with Crippen molar-refractivity contribution >= 4 is 11.6 Å². The first kappa shape index (κ1) is 13.6. The van der Waals surface area contributed by atoms with Gasteiger partial charge in [-0.3, -0.25) is 4.79 Å². The first-order chi connectivity index (χ1) is 9.47. The third-order valence-corrected chi connectivity index (χ3v) is 4.99. The summed E-state index contributed by atoms with van der Waals surface area (Å²) in [7, 11) is 0. The summed E-state index contributed by atoms with van der Waals surface area (Å²) in [4.78, 5) is 15.1. The van der Waals surface area contributed by atoms with Gasteiger partial charge in [0.2, 0.25) is 5.91 Å². The standard InChI is InChI=1S/C17H24N2O/c1-11(2)19-15-10-13(4)12(3)9-14(15)17(16(19)20)5-7-18-8-6-17/h9-11,18H,5-8H2,1-4H3. The molecule has 2 aliphatic rings. The fourth-order valence-corrected chi connectivity index (χ4v) is 3.69. The second-order valence-corrected chi connectivity index (χ2v) is 6.55. The summed E-state index contributed by atoms with van der Waals surface area (Å²) in [5.41, 5.74) is 4.70. The van der Waals surface area contributed by atoms with Crippen LogP contribution in [0, 0.1) is 13.8 Å². The van der Waals surface area contributed by atoms with Crippen molar-refractivity contribution in [1.82, 2.24) is 5.32 Å². The van der Waals surface area contributed by atoms with Crippen molar-refractivity contribution in [1.29, 1.82) is 0 Å². The van der Waals surface area contributed by atoms with Crippen LogP contribution in [0.2, 0.25) is 0 Å². The van der Waals surface area contributed by atoms with Gasteiger partial charge in [-0.05, 0) is 76.4 Å². The predicted octanol–water partition coefficient (Wildman–Crippen LogP) is 2.68. The molecule has 0 aromatic heterocycles. The van der Waals surface area contributed by atoms with Crippen molar-refractivity contribution in [2.75, 3.05) is 18.0 Å². The van der Waals surface area contributed by atoms with Crippen molar-refractivity contribution in [3.63, 3.8) is 0 Å². The molecule has 0 saturated carbocycles. The maximum absolute atomic E-state index is 13.1. The van der Waals surface area contributed by atoms with E-state index < -0.39 is 0 Å². The lowest BCUT2D eigenvalue weighted by atomic mass is 9.73. The third-order valence-electron chi connectivity index (χ3n) is 4.99. The number of hydrogen-bond donors (Lipinski definition) is 1. The van der Waals surface area contributed by atoms with Gasteiger partial charge in [0.1, 0.15) is 0 Å². The highest BCUT2D eigenvalue weighted by atomic mass is 16.2. The number of hydrogen-bond acceptors (Lipinski definition) is 2. The Hall–Kier alpha value is -1.35. The number of nitrogens with zero attached hydrogens (tertiary/aromatic N) is 1. The summed E-state index contributed by atoms with van der Waals surface area (Å²) in [5.74, 6) is 0.314. The number of aryl methyl sites for hydroxylation is 2. The van der Waals surface area contributed by atoms with Crippen LogP contribution >= 0.6 is 0 Å². The van der Waals surface area contributed by atoms with Crippen molar-refractivity contribution in [2.45, 2.75) is 52.0 Å².